The van der Waals surface area contributed by atoms with Gasteiger partial charge in [-0.15, -0.1) is 10.2 Å². The molecule has 0 saturated heterocycles. The average Bonchev–Trinajstić information content (AvgIpc) is 3.00. The molecule has 0 radical (unpaired) electrons. The number of methoxy groups -OCH3 is 1. The van der Waals surface area contributed by atoms with E-state index in [2.05, 4.69) is 25.6 Å². The summed E-state index contributed by atoms with van der Waals surface area (Å²) in [5.41, 5.74) is 4.01. The standard InChI is InChI=1S/C17H20N6O/c1-11-9-13(3)19-17(24-4)14(11)10-18-15-5-6-16(21-20-15)23-8-7-12(2)22-23/h5-9H,10H2,1-4H3,(H,18,20). The molecule has 0 amide bonds. The normalized spacial score (nSPS) is 10.7. The van der Waals surface area contributed by atoms with Crippen LogP contribution in [0.5, 0.6) is 5.88 Å². The van der Waals surface area contributed by atoms with E-state index in [9.17, 15) is 0 Å². The number of hydrogen-bond acceptors (Lipinski definition) is 6. The monoisotopic (exact) mass is 324 g/mol. The Morgan fingerprint density at radius 3 is 2.54 bits per heavy atom. The van der Waals surface area contributed by atoms with Crippen molar-refractivity contribution in [1.29, 1.82) is 0 Å². The number of hydrogen-bond donors (Lipinski definition) is 1. The van der Waals surface area contributed by atoms with E-state index < -0.39 is 0 Å². The number of pyridine rings is 1. The van der Waals surface area contributed by atoms with Gasteiger partial charge in [-0.2, -0.15) is 5.10 Å². The van der Waals surface area contributed by atoms with Crippen molar-refractivity contribution < 1.29 is 4.74 Å². The Kier molecular flexibility index (Phi) is 4.41. The first-order valence-electron chi connectivity index (χ1n) is 7.68. The van der Waals surface area contributed by atoms with E-state index in [0.717, 1.165) is 22.5 Å². The number of aryl methyl sites for hydroxylation is 3. The lowest BCUT2D eigenvalue weighted by atomic mass is 10.1. The van der Waals surface area contributed by atoms with Gasteiger partial charge in [0.2, 0.25) is 5.88 Å². The lowest BCUT2D eigenvalue weighted by molar-refractivity contribution is 0.391. The first-order valence-corrected chi connectivity index (χ1v) is 7.68. The molecule has 124 valence electrons. The predicted molar refractivity (Wildman–Crippen MR) is 91.5 cm³/mol. The minimum atomic E-state index is 0.567. The van der Waals surface area contributed by atoms with Crippen LogP contribution in [0, 0.1) is 20.8 Å². The smallest absolute Gasteiger partial charge is 0.218 e. The van der Waals surface area contributed by atoms with Gasteiger partial charge in [-0.3, -0.25) is 0 Å². The van der Waals surface area contributed by atoms with Crippen LogP contribution in [0.1, 0.15) is 22.5 Å². The van der Waals surface area contributed by atoms with Crippen LogP contribution in [0.15, 0.2) is 30.5 Å². The van der Waals surface area contributed by atoms with Crippen molar-refractivity contribution in [3.8, 4) is 11.7 Å². The summed E-state index contributed by atoms with van der Waals surface area (Å²) in [5.74, 6) is 2.00. The maximum Gasteiger partial charge on any atom is 0.218 e. The van der Waals surface area contributed by atoms with Crippen molar-refractivity contribution >= 4 is 5.82 Å². The summed E-state index contributed by atoms with van der Waals surface area (Å²) >= 11 is 0. The van der Waals surface area contributed by atoms with E-state index in [1.807, 2.05) is 51.2 Å². The summed E-state index contributed by atoms with van der Waals surface area (Å²) in [6, 6.07) is 7.71. The molecule has 7 heteroatoms. The second kappa shape index (κ2) is 6.66. The molecule has 7 nitrogen and oxygen atoms in total. The van der Waals surface area contributed by atoms with Crippen LogP contribution < -0.4 is 10.1 Å². The Morgan fingerprint density at radius 1 is 1.08 bits per heavy atom. The maximum absolute atomic E-state index is 5.38. The molecular weight excluding hydrogens is 304 g/mol. The average molecular weight is 324 g/mol. The highest BCUT2D eigenvalue weighted by atomic mass is 16.5. The number of nitrogens with zero attached hydrogens (tertiary/aromatic N) is 5. The van der Waals surface area contributed by atoms with E-state index >= 15 is 0 Å². The SMILES string of the molecule is COc1nc(C)cc(C)c1CNc1ccc(-n2ccc(C)n2)nn1. The third-order valence-corrected chi connectivity index (χ3v) is 3.68. The van der Waals surface area contributed by atoms with Crippen molar-refractivity contribution in [2.24, 2.45) is 0 Å². The van der Waals surface area contributed by atoms with Gasteiger partial charge in [-0.05, 0) is 50.6 Å². The molecular formula is C17H20N6O. The molecule has 24 heavy (non-hydrogen) atoms. The third-order valence-electron chi connectivity index (χ3n) is 3.68. The highest BCUT2D eigenvalue weighted by molar-refractivity contribution is 5.42. The van der Waals surface area contributed by atoms with Crippen molar-refractivity contribution in [3.63, 3.8) is 0 Å². The van der Waals surface area contributed by atoms with Gasteiger partial charge < -0.3 is 10.1 Å². The predicted octanol–water partition coefficient (Wildman–Crippen LogP) is 2.60. The highest BCUT2D eigenvalue weighted by Gasteiger charge is 2.10. The summed E-state index contributed by atoms with van der Waals surface area (Å²) in [6.45, 7) is 6.50. The Morgan fingerprint density at radius 2 is 1.92 bits per heavy atom. The van der Waals surface area contributed by atoms with Crippen LogP contribution in [-0.2, 0) is 6.54 Å². The minimum Gasteiger partial charge on any atom is -0.481 e. The number of aromatic nitrogens is 5. The van der Waals surface area contributed by atoms with E-state index in [-0.39, 0.29) is 0 Å². The van der Waals surface area contributed by atoms with Gasteiger partial charge in [0, 0.05) is 24.0 Å². The second-order valence-corrected chi connectivity index (χ2v) is 5.60. The second-order valence-electron chi connectivity index (χ2n) is 5.60. The number of nitrogens with one attached hydrogen (secondary N) is 1. The van der Waals surface area contributed by atoms with Gasteiger partial charge >= 0.3 is 0 Å². The first kappa shape index (κ1) is 15.9. The Bertz CT molecular complexity index is 841. The van der Waals surface area contributed by atoms with Gasteiger partial charge in [-0.1, -0.05) is 0 Å². The van der Waals surface area contributed by atoms with Crippen LogP contribution in [0.4, 0.5) is 5.82 Å². The fraction of sp³-hybridized carbons (Fsp3) is 0.294. The molecule has 3 rings (SSSR count). The van der Waals surface area contributed by atoms with Gasteiger partial charge in [-0.25, -0.2) is 9.67 Å². The molecule has 0 atom stereocenters. The number of rotatable bonds is 5. The van der Waals surface area contributed by atoms with E-state index in [4.69, 9.17) is 4.74 Å². The quantitative estimate of drug-likeness (QED) is 0.777. The first-order chi connectivity index (χ1) is 11.6. The van der Waals surface area contributed by atoms with Crippen molar-refractivity contribution in [1.82, 2.24) is 25.0 Å². The molecule has 0 aliphatic rings. The van der Waals surface area contributed by atoms with Crippen LogP contribution in [0.2, 0.25) is 0 Å². The van der Waals surface area contributed by atoms with Gasteiger partial charge in [0.1, 0.15) is 5.82 Å². The van der Waals surface area contributed by atoms with Crippen molar-refractivity contribution in [3.05, 3.63) is 53.0 Å². The molecule has 0 aromatic carbocycles. The summed E-state index contributed by atoms with van der Waals surface area (Å²) < 4.78 is 7.07. The van der Waals surface area contributed by atoms with Crippen LogP contribution in [0.3, 0.4) is 0 Å². The molecule has 0 spiro atoms. The van der Waals surface area contributed by atoms with Crippen LogP contribution in [-0.4, -0.2) is 32.1 Å². The third kappa shape index (κ3) is 3.34. The lowest BCUT2D eigenvalue weighted by Crippen LogP contribution is -2.08. The zero-order chi connectivity index (χ0) is 17.1. The molecule has 0 fully saturated rings. The van der Waals surface area contributed by atoms with Gasteiger partial charge in [0.05, 0.1) is 12.8 Å². The van der Waals surface area contributed by atoms with Crippen molar-refractivity contribution in [2.75, 3.05) is 12.4 Å². The fourth-order valence-corrected chi connectivity index (χ4v) is 2.48. The fourth-order valence-electron chi connectivity index (χ4n) is 2.48. The Hall–Kier alpha value is -2.96. The summed E-state index contributed by atoms with van der Waals surface area (Å²) in [6.07, 6.45) is 1.86. The summed E-state index contributed by atoms with van der Waals surface area (Å²) in [7, 11) is 1.63. The summed E-state index contributed by atoms with van der Waals surface area (Å²) in [4.78, 5) is 4.41. The maximum atomic E-state index is 5.38. The summed E-state index contributed by atoms with van der Waals surface area (Å²) in [5, 5.41) is 16.0. The Balaban J connectivity index is 1.74. The molecule has 3 aromatic heterocycles. The topological polar surface area (TPSA) is 77.8 Å². The van der Waals surface area contributed by atoms with E-state index in [1.54, 1.807) is 11.8 Å². The molecule has 3 aromatic rings. The molecule has 0 saturated carbocycles. The number of ether oxygens (including phenoxy) is 1. The highest BCUT2D eigenvalue weighted by Crippen LogP contribution is 2.21. The zero-order valence-electron chi connectivity index (χ0n) is 14.2. The molecule has 0 bridgehead atoms. The minimum absolute atomic E-state index is 0.567. The molecule has 0 unspecified atom stereocenters. The van der Waals surface area contributed by atoms with Crippen LogP contribution >= 0.6 is 0 Å². The molecule has 1 N–H and O–H groups in total. The van der Waals surface area contributed by atoms with Crippen molar-refractivity contribution in [2.45, 2.75) is 27.3 Å². The molecule has 0 aliphatic carbocycles. The zero-order valence-corrected chi connectivity index (χ0v) is 14.2. The Labute approximate surface area is 140 Å². The van der Waals surface area contributed by atoms with E-state index in [1.165, 1.54) is 0 Å². The molecule has 3 heterocycles. The van der Waals surface area contributed by atoms with Crippen LogP contribution in [0.25, 0.3) is 5.82 Å². The van der Waals surface area contributed by atoms with E-state index in [0.29, 0.717) is 24.1 Å². The molecule has 0 aliphatic heterocycles. The lowest BCUT2D eigenvalue weighted by Gasteiger charge is -2.13. The number of anilines is 1. The largest absolute Gasteiger partial charge is 0.481 e. The van der Waals surface area contributed by atoms with Gasteiger partial charge in [0.25, 0.3) is 0 Å². The van der Waals surface area contributed by atoms with Gasteiger partial charge in [0.15, 0.2) is 5.82 Å².